The third-order valence-corrected chi connectivity index (χ3v) is 7.92. The molecule has 0 saturated heterocycles. The molecular weight excluding hydrogens is 276 g/mol. The van der Waals surface area contributed by atoms with Gasteiger partial charge in [0, 0.05) is 0 Å². The molecule has 0 unspecified atom stereocenters. The van der Waals surface area contributed by atoms with E-state index in [-0.39, 0.29) is 0 Å². The average Bonchev–Trinajstić information content (AvgIpc) is 2.09. The molecule has 0 heterocycles. The summed E-state index contributed by atoms with van der Waals surface area (Å²) in [6, 6.07) is 0. The van der Waals surface area contributed by atoms with E-state index in [4.69, 9.17) is 12.6 Å². The topological polar surface area (TPSA) is 44.8 Å². The summed E-state index contributed by atoms with van der Waals surface area (Å²) in [5.41, 5.74) is 0. The van der Waals surface area contributed by atoms with E-state index in [1.54, 1.807) is 0 Å². The van der Waals surface area contributed by atoms with Crippen molar-refractivity contribution in [3.05, 3.63) is 0 Å². The van der Waals surface area contributed by atoms with Gasteiger partial charge < -0.3 is 0 Å². The standard InChI is InChI=1S/C9H23GeO4P/c1-6-8-12-15(11,13-9-7-2)14-10(3,4)5/h6-9H2,1-5H3. The molecule has 0 rings (SSSR count). The van der Waals surface area contributed by atoms with Gasteiger partial charge in [-0.15, -0.1) is 0 Å². The second kappa shape index (κ2) is 7.07. The third kappa shape index (κ3) is 8.46. The Labute approximate surface area is 96.0 Å². The van der Waals surface area contributed by atoms with E-state index in [1.807, 2.05) is 31.1 Å². The molecule has 6 heteroatoms. The molecule has 0 atom stereocenters. The Morgan fingerprint density at radius 1 is 1.00 bits per heavy atom. The van der Waals surface area contributed by atoms with Gasteiger partial charge >= 0.3 is 95.8 Å². The summed E-state index contributed by atoms with van der Waals surface area (Å²) in [6.45, 7) is 4.75. The first kappa shape index (κ1) is 15.7. The van der Waals surface area contributed by atoms with Crippen molar-refractivity contribution in [2.75, 3.05) is 13.2 Å². The number of rotatable bonds is 8. The molecule has 92 valence electrons. The van der Waals surface area contributed by atoms with Gasteiger partial charge in [-0.2, -0.15) is 0 Å². The Balaban J connectivity index is 4.34. The first-order valence-electron chi connectivity index (χ1n) is 5.43. The first-order valence-corrected chi connectivity index (χ1v) is 14.0. The van der Waals surface area contributed by atoms with Crippen LogP contribution in [0.2, 0.25) is 17.3 Å². The van der Waals surface area contributed by atoms with E-state index in [9.17, 15) is 4.57 Å². The van der Waals surface area contributed by atoms with E-state index >= 15 is 0 Å². The SMILES string of the molecule is CCCOP(=O)(OCCC)[O][Ge]([CH3])([CH3])[CH3]. The van der Waals surface area contributed by atoms with Crippen LogP contribution in [-0.4, -0.2) is 26.8 Å². The van der Waals surface area contributed by atoms with Crippen LogP contribution in [0.25, 0.3) is 0 Å². The van der Waals surface area contributed by atoms with E-state index in [0.717, 1.165) is 12.8 Å². The molecule has 0 aliphatic carbocycles. The first-order chi connectivity index (χ1) is 6.83. The molecule has 15 heavy (non-hydrogen) atoms. The minimum atomic E-state index is -3.29. The van der Waals surface area contributed by atoms with Gasteiger partial charge in [0.1, 0.15) is 0 Å². The fourth-order valence-corrected chi connectivity index (χ4v) is 7.38. The summed E-state index contributed by atoms with van der Waals surface area (Å²) in [6.07, 6.45) is 1.61. The van der Waals surface area contributed by atoms with Crippen LogP contribution in [0.5, 0.6) is 0 Å². The zero-order valence-electron chi connectivity index (χ0n) is 10.4. The molecular formula is C9H23GeO4P. The van der Waals surface area contributed by atoms with Crippen molar-refractivity contribution in [3.8, 4) is 0 Å². The van der Waals surface area contributed by atoms with Crippen LogP contribution in [0.3, 0.4) is 0 Å². The fourth-order valence-electron chi connectivity index (χ4n) is 0.832. The van der Waals surface area contributed by atoms with Crippen LogP contribution in [0.4, 0.5) is 0 Å². The van der Waals surface area contributed by atoms with Crippen molar-refractivity contribution in [2.45, 2.75) is 44.0 Å². The average molecular weight is 299 g/mol. The van der Waals surface area contributed by atoms with Gasteiger partial charge in [0.2, 0.25) is 0 Å². The summed E-state index contributed by atoms with van der Waals surface area (Å²) in [5, 5.41) is 0. The maximum atomic E-state index is 12.1. The van der Waals surface area contributed by atoms with Crippen molar-refractivity contribution >= 4 is 21.4 Å². The summed E-state index contributed by atoms with van der Waals surface area (Å²) in [4.78, 5) is 0. The molecule has 0 N–H and O–H groups in total. The van der Waals surface area contributed by atoms with Gasteiger partial charge in [-0.3, -0.25) is 0 Å². The van der Waals surface area contributed by atoms with Crippen molar-refractivity contribution in [3.63, 3.8) is 0 Å². The third-order valence-electron chi connectivity index (χ3n) is 1.29. The van der Waals surface area contributed by atoms with Gasteiger partial charge in [-0.25, -0.2) is 0 Å². The normalized spacial score (nSPS) is 13.1. The molecule has 0 amide bonds. The Morgan fingerprint density at radius 2 is 1.40 bits per heavy atom. The number of hydrogen-bond donors (Lipinski definition) is 0. The summed E-state index contributed by atoms with van der Waals surface area (Å²) in [7, 11) is -3.29. The van der Waals surface area contributed by atoms with Crippen LogP contribution >= 0.6 is 7.82 Å². The second-order valence-electron chi connectivity index (χ2n) is 4.32. The molecule has 4 nitrogen and oxygen atoms in total. The Kier molecular flexibility index (Phi) is 7.38. The molecule has 0 aliphatic rings. The maximum absolute atomic E-state index is 12.1. The van der Waals surface area contributed by atoms with Crippen molar-refractivity contribution < 1.29 is 17.2 Å². The Bertz CT molecular complexity index is 203. The molecule has 0 saturated carbocycles. The predicted octanol–water partition coefficient (Wildman–Crippen LogP) is 3.80. The molecule has 0 spiro atoms. The van der Waals surface area contributed by atoms with Crippen molar-refractivity contribution in [1.29, 1.82) is 0 Å². The van der Waals surface area contributed by atoms with Crippen molar-refractivity contribution in [1.82, 2.24) is 0 Å². The Morgan fingerprint density at radius 3 is 1.67 bits per heavy atom. The summed E-state index contributed by atoms with van der Waals surface area (Å²) in [5.74, 6) is 6.03. The summed E-state index contributed by atoms with van der Waals surface area (Å²) < 4.78 is 28.1. The predicted molar refractivity (Wildman–Crippen MR) is 64.5 cm³/mol. The molecule has 0 fully saturated rings. The number of hydrogen-bond acceptors (Lipinski definition) is 4. The van der Waals surface area contributed by atoms with Crippen LogP contribution in [0.1, 0.15) is 26.7 Å². The fraction of sp³-hybridized carbons (Fsp3) is 1.00. The molecule has 0 aromatic heterocycles. The zero-order chi connectivity index (χ0) is 11.9. The van der Waals surface area contributed by atoms with E-state index < -0.39 is 21.4 Å². The van der Waals surface area contributed by atoms with Gasteiger partial charge in [0.05, 0.1) is 0 Å². The number of phosphoric acid groups is 1. The molecule has 0 bridgehead atoms. The molecule has 0 radical (unpaired) electrons. The van der Waals surface area contributed by atoms with E-state index in [2.05, 4.69) is 0 Å². The minimum absolute atomic E-state index is 0.416. The monoisotopic (exact) mass is 300 g/mol. The number of phosphoric ester groups is 1. The Hall–Kier alpha value is 0.653. The van der Waals surface area contributed by atoms with Crippen molar-refractivity contribution in [2.24, 2.45) is 0 Å². The second-order valence-corrected chi connectivity index (χ2v) is 15.9. The zero-order valence-corrected chi connectivity index (χ0v) is 13.4. The van der Waals surface area contributed by atoms with Crippen LogP contribution in [0.15, 0.2) is 0 Å². The molecule has 0 aliphatic heterocycles. The van der Waals surface area contributed by atoms with E-state index in [1.165, 1.54) is 0 Å². The quantitative estimate of drug-likeness (QED) is 0.505. The van der Waals surface area contributed by atoms with Crippen LogP contribution in [-0.2, 0) is 17.2 Å². The van der Waals surface area contributed by atoms with Crippen LogP contribution < -0.4 is 0 Å². The molecule has 0 aromatic rings. The van der Waals surface area contributed by atoms with Gasteiger partial charge in [0.15, 0.2) is 0 Å². The molecule has 0 aromatic carbocycles. The van der Waals surface area contributed by atoms with Crippen LogP contribution in [0, 0.1) is 0 Å². The van der Waals surface area contributed by atoms with Gasteiger partial charge in [-0.05, 0) is 0 Å². The summed E-state index contributed by atoms with van der Waals surface area (Å²) >= 11 is -2.39. The van der Waals surface area contributed by atoms with Gasteiger partial charge in [-0.1, -0.05) is 0 Å². The van der Waals surface area contributed by atoms with Gasteiger partial charge in [0.25, 0.3) is 0 Å². The van der Waals surface area contributed by atoms with E-state index in [0.29, 0.717) is 13.2 Å².